The molecule has 148 valence electrons. The summed E-state index contributed by atoms with van der Waals surface area (Å²) in [4.78, 5) is 25.6. The number of carbonyl (C=O) groups is 2. The number of aromatic nitrogens is 4. The fourth-order valence-electron chi connectivity index (χ4n) is 2.41. The molecule has 0 atom stereocenters. The number of anilines is 1. The summed E-state index contributed by atoms with van der Waals surface area (Å²) in [6, 6.07) is 3.60. The zero-order valence-electron chi connectivity index (χ0n) is 15.6. The third-order valence-electron chi connectivity index (χ3n) is 3.83. The Morgan fingerprint density at radius 1 is 1.39 bits per heavy atom. The summed E-state index contributed by atoms with van der Waals surface area (Å²) < 4.78 is 11.9. The average Bonchev–Trinajstić information content (AvgIpc) is 3.37. The molecule has 0 spiro atoms. The van der Waals surface area contributed by atoms with Gasteiger partial charge in [0.2, 0.25) is 11.1 Å². The Labute approximate surface area is 169 Å². The van der Waals surface area contributed by atoms with Crippen molar-refractivity contribution in [3.8, 4) is 0 Å². The number of hydrogen-bond acceptors (Lipinski definition) is 9. The Kier molecular flexibility index (Phi) is 6.47. The van der Waals surface area contributed by atoms with Crippen molar-refractivity contribution in [1.82, 2.24) is 20.2 Å². The summed E-state index contributed by atoms with van der Waals surface area (Å²) in [5.41, 5.74) is 1.22. The Morgan fingerprint density at radius 3 is 2.93 bits per heavy atom. The highest BCUT2D eigenvalue weighted by molar-refractivity contribution is 7.99. The number of carbonyl (C=O) groups excluding carboxylic acids is 2. The van der Waals surface area contributed by atoms with E-state index in [0.29, 0.717) is 28.0 Å². The molecule has 3 heterocycles. The first-order chi connectivity index (χ1) is 13.5. The standard InChI is InChI=1S/C17H19N5O4S2/c1-4-25-16(24)14-10(2)11(3)28-15(14)18-13(23)9-27-17-19-20-21-22(17)8-12-6-5-7-26-12/h5-7H,4,8-9H2,1-3H3,(H,18,23). The molecule has 0 saturated carbocycles. The van der Waals surface area contributed by atoms with Crippen LogP contribution in [-0.4, -0.2) is 44.4 Å². The molecule has 0 unspecified atom stereocenters. The second kappa shape index (κ2) is 9.02. The van der Waals surface area contributed by atoms with Crippen molar-refractivity contribution in [3.63, 3.8) is 0 Å². The van der Waals surface area contributed by atoms with Gasteiger partial charge in [0.1, 0.15) is 17.3 Å². The van der Waals surface area contributed by atoms with Crippen LogP contribution in [0.4, 0.5) is 5.00 Å². The molecule has 9 nitrogen and oxygen atoms in total. The highest BCUT2D eigenvalue weighted by atomic mass is 32.2. The molecular formula is C17H19N5O4S2. The van der Waals surface area contributed by atoms with Gasteiger partial charge in [-0.3, -0.25) is 4.79 Å². The van der Waals surface area contributed by atoms with Crippen LogP contribution in [0.2, 0.25) is 0 Å². The van der Waals surface area contributed by atoms with Crippen LogP contribution in [0.25, 0.3) is 0 Å². The molecule has 0 aliphatic carbocycles. The van der Waals surface area contributed by atoms with Crippen LogP contribution in [0.1, 0.15) is 33.5 Å². The fraction of sp³-hybridized carbons (Fsp3) is 0.353. The lowest BCUT2D eigenvalue weighted by Gasteiger charge is -2.07. The quantitative estimate of drug-likeness (QED) is 0.436. The number of tetrazole rings is 1. The molecule has 3 rings (SSSR count). The number of nitrogens with zero attached hydrogens (tertiary/aromatic N) is 4. The van der Waals surface area contributed by atoms with Crippen molar-refractivity contribution in [2.75, 3.05) is 17.7 Å². The number of nitrogens with one attached hydrogen (secondary N) is 1. The van der Waals surface area contributed by atoms with Gasteiger partial charge >= 0.3 is 5.97 Å². The van der Waals surface area contributed by atoms with Gasteiger partial charge in [-0.15, -0.1) is 16.4 Å². The van der Waals surface area contributed by atoms with E-state index >= 15 is 0 Å². The van der Waals surface area contributed by atoms with E-state index in [-0.39, 0.29) is 18.3 Å². The number of amides is 1. The zero-order valence-corrected chi connectivity index (χ0v) is 17.2. The Hall–Kier alpha value is -2.66. The van der Waals surface area contributed by atoms with Crippen LogP contribution in [0.15, 0.2) is 28.0 Å². The normalized spacial score (nSPS) is 10.8. The molecule has 0 aliphatic rings. The molecular weight excluding hydrogens is 402 g/mol. The average molecular weight is 422 g/mol. The number of aryl methyl sites for hydroxylation is 1. The predicted octanol–water partition coefficient (Wildman–Crippen LogP) is 2.90. The molecule has 0 aromatic carbocycles. The molecule has 11 heteroatoms. The van der Waals surface area contributed by atoms with E-state index < -0.39 is 5.97 Å². The fourth-order valence-corrected chi connectivity index (χ4v) is 4.15. The summed E-state index contributed by atoms with van der Waals surface area (Å²) in [5.74, 6) is 0.109. The number of ether oxygens (including phenoxy) is 1. The van der Waals surface area contributed by atoms with E-state index in [0.717, 1.165) is 10.4 Å². The molecule has 0 aliphatic heterocycles. The van der Waals surface area contributed by atoms with Gasteiger partial charge in [-0.25, -0.2) is 9.48 Å². The van der Waals surface area contributed by atoms with E-state index in [9.17, 15) is 9.59 Å². The van der Waals surface area contributed by atoms with Gasteiger partial charge in [0.25, 0.3) is 0 Å². The largest absolute Gasteiger partial charge is 0.467 e. The van der Waals surface area contributed by atoms with E-state index in [1.165, 1.54) is 23.1 Å². The van der Waals surface area contributed by atoms with Crippen LogP contribution in [0.3, 0.4) is 0 Å². The van der Waals surface area contributed by atoms with Gasteiger partial charge in [0.05, 0.1) is 24.2 Å². The van der Waals surface area contributed by atoms with Crippen LogP contribution in [0.5, 0.6) is 0 Å². The molecule has 0 saturated heterocycles. The summed E-state index contributed by atoms with van der Waals surface area (Å²) in [5, 5.41) is 15.3. The first kappa shape index (κ1) is 20.1. The maximum absolute atomic E-state index is 12.4. The van der Waals surface area contributed by atoms with Crippen LogP contribution >= 0.6 is 23.1 Å². The van der Waals surface area contributed by atoms with E-state index in [1.807, 2.05) is 19.9 Å². The minimum Gasteiger partial charge on any atom is -0.467 e. The van der Waals surface area contributed by atoms with Crippen LogP contribution in [0, 0.1) is 13.8 Å². The highest BCUT2D eigenvalue weighted by Gasteiger charge is 2.22. The molecule has 28 heavy (non-hydrogen) atoms. The summed E-state index contributed by atoms with van der Waals surface area (Å²) in [7, 11) is 0. The van der Waals surface area contributed by atoms with Gasteiger partial charge in [-0.2, -0.15) is 0 Å². The molecule has 0 radical (unpaired) electrons. The third kappa shape index (κ3) is 4.60. The van der Waals surface area contributed by atoms with Crippen molar-refractivity contribution in [3.05, 3.63) is 40.2 Å². The highest BCUT2D eigenvalue weighted by Crippen LogP contribution is 2.33. The van der Waals surface area contributed by atoms with Crippen LogP contribution in [-0.2, 0) is 16.1 Å². The van der Waals surface area contributed by atoms with Gasteiger partial charge < -0.3 is 14.5 Å². The maximum Gasteiger partial charge on any atom is 0.341 e. The van der Waals surface area contributed by atoms with Crippen LogP contribution < -0.4 is 5.32 Å². The first-order valence-corrected chi connectivity index (χ1v) is 10.3. The Balaban J connectivity index is 1.64. The first-order valence-electron chi connectivity index (χ1n) is 8.47. The van der Waals surface area contributed by atoms with Gasteiger partial charge in [0, 0.05) is 4.88 Å². The smallest absolute Gasteiger partial charge is 0.341 e. The second-order valence-corrected chi connectivity index (χ2v) is 7.91. The topological polar surface area (TPSA) is 112 Å². The number of furan rings is 1. The predicted molar refractivity (Wildman–Crippen MR) is 105 cm³/mol. The number of esters is 1. The van der Waals surface area contributed by atoms with Gasteiger partial charge in [-0.05, 0) is 48.9 Å². The van der Waals surface area contributed by atoms with Crippen molar-refractivity contribution < 1.29 is 18.7 Å². The van der Waals surface area contributed by atoms with E-state index in [2.05, 4.69) is 20.8 Å². The van der Waals surface area contributed by atoms with Crippen molar-refractivity contribution in [1.29, 1.82) is 0 Å². The molecule has 1 N–H and O–H groups in total. The maximum atomic E-state index is 12.4. The van der Waals surface area contributed by atoms with Crippen molar-refractivity contribution in [2.45, 2.75) is 32.5 Å². The molecule has 0 bridgehead atoms. The number of thiophene rings is 1. The van der Waals surface area contributed by atoms with Gasteiger partial charge in [0.15, 0.2) is 0 Å². The molecule has 3 aromatic rings. The van der Waals surface area contributed by atoms with Gasteiger partial charge in [-0.1, -0.05) is 11.8 Å². The summed E-state index contributed by atoms with van der Waals surface area (Å²) in [6.45, 7) is 6.13. The van der Waals surface area contributed by atoms with Crippen molar-refractivity contribution in [2.24, 2.45) is 0 Å². The summed E-state index contributed by atoms with van der Waals surface area (Å²) >= 11 is 2.55. The molecule has 1 amide bonds. The lowest BCUT2D eigenvalue weighted by molar-refractivity contribution is -0.113. The lowest BCUT2D eigenvalue weighted by Crippen LogP contribution is -2.17. The molecule has 3 aromatic heterocycles. The second-order valence-electron chi connectivity index (χ2n) is 5.74. The zero-order chi connectivity index (χ0) is 20.1. The Morgan fingerprint density at radius 2 is 2.21 bits per heavy atom. The lowest BCUT2D eigenvalue weighted by atomic mass is 10.1. The molecule has 0 fully saturated rings. The number of rotatable bonds is 8. The Bertz CT molecular complexity index is 965. The van der Waals surface area contributed by atoms with Crippen molar-refractivity contribution >= 4 is 40.0 Å². The third-order valence-corrected chi connectivity index (χ3v) is 5.91. The number of hydrogen-bond donors (Lipinski definition) is 1. The number of thioether (sulfide) groups is 1. The SMILES string of the molecule is CCOC(=O)c1c(NC(=O)CSc2nnnn2Cc2ccco2)sc(C)c1C. The van der Waals surface area contributed by atoms with E-state index in [4.69, 9.17) is 9.15 Å². The monoisotopic (exact) mass is 421 g/mol. The minimum absolute atomic E-state index is 0.0940. The summed E-state index contributed by atoms with van der Waals surface area (Å²) in [6.07, 6.45) is 1.58. The minimum atomic E-state index is -0.435. The van der Waals surface area contributed by atoms with E-state index in [1.54, 1.807) is 23.9 Å².